The van der Waals surface area contributed by atoms with E-state index in [0.717, 1.165) is 12.1 Å². The van der Waals surface area contributed by atoms with Crippen LogP contribution in [0.4, 0.5) is 23.2 Å². The lowest BCUT2D eigenvalue weighted by Gasteiger charge is -2.18. The quantitative estimate of drug-likeness (QED) is 0.778. The second kappa shape index (κ2) is 7.84. The van der Waals surface area contributed by atoms with Gasteiger partial charge in [0.1, 0.15) is 5.82 Å². The molecule has 2 rings (SSSR count). The zero-order chi connectivity index (χ0) is 18.6. The number of anilines is 1. The number of hydrogen-bond acceptors (Lipinski definition) is 2. The molecule has 2 aromatic rings. The van der Waals surface area contributed by atoms with Crippen LogP contribution in [0.3, 0.4) is 0 Å². The highest BCUT2D eigenvalue weighted by molar-refractivity contribution is 6.31. The van der Waals surface area contributed by atoms with Gasteiger partial charge in [0.2, 0.25) is 5.91 Å². The number of amides is 1. The molecule has 1 N–H and O–H groups in total. The second-order valence-corrected chi connectivity index (χ2v) is 5.91. The molecule has 0 fully saturated rings. The summed E-state index contributed by atoms with van der Waals surface area (Å²) < 4.78 is 51.7. The summed E-state index contributed by atoms with van der Waals surface area (Å²) >= 11 is 5.93. The lowest BCUT2D eigenvalue weighted by atomic mass is 10.2. The van der Waals surface area contributed by atoms with Crippen LogP contribution >= 0.6 is 11.6 Å². The molecule has 8 heteroatoms. The number of benzene rings is 2. The summed E-state index contributed by atoms with van der Waals surface area (Å²) in [5.41, 5.74) is -0.563. The van der Waals surface area contributed by atoms with Gasteiger partial charge in [0.15, 0.2) is 0 Å². The van der Waals surface area contributed by atoms with Crippen LogP contribution in [-0.4, -0.2) is 24.4 Å². The van der Waals surface area contributed by atoms with Crippen molar-refractivity contribution >= 4 is 23.2 Å². The van der Waals surface area contributed by atoms with Crippen LogP contribution < -0.4 is 5.32 Å². The Morgan fingerprint density at radius 3 is 2.52 bits per heavy atom. The normalized spacial score (nSPS) is 11.6. The summed E-state index contributed by atoms with van der Waals surface area (Å²) in [5, 5.41) is 2.63. The second-order valence-electron chi connectivity index (χ2n) is 5.50. The van der Waals surface area contributed by atoms with Crippen LogP contribution in [0.5, 0.6) is 0 Å². The van der Waals surface area contributed by atoms with Crippen LogP contribution in [0, 0.1) is 5.82 Å². The summed E-state index contributed by atoms with van der Waals surface area (Å²) in [4.78, 5) is 13.5. The van der Waals surface area contributed by atoms with Gasteiger partial charge in [-0.05, 0) is 37.4 Å². The minimum atomic E-state index is -4.49. The highest BCUT2D eigenvalue weighted by Crippen LogP contribution is 2.30. The summed E-state index contributed by atoms with van der Waals surface area (Å²) in [6.45, 7) is -0.0531. The first kappa shape index (κ1) is 19.2. The Morgan fingerprint density at radius 1 is 1.20 bits per heavy atom. The van der Waals surface area contributed by atoms with Crippen molar-refractivity contribution in [1.82, 2.24) is 4.90 Å². The van der Waals surface area contributed by atoms with E-state index in [1.807, 2.05) is 0 Å². The molecular formula is C17H15ClF4N2O. The number of hydrogen-bond donors (Lipinski definition) is 1. The number of likely N-dealkylation sites (N-methyl/N-ethyl adjacent to an activating group) is 1. The summed E-state index contributed by atoms with van der Waals surface area (Å²) in [6, 6.07) is 8.62. The maximum absolute atomic E-state index is 13.7. The first-order chi connectivity index (χ1) is 11.7. The maximum Gasteiger partial charge on any atom is 0.416 e. The molecule has 0 saturated heterocycles. The predicted molar refractivity (Wildman–Crippen MR) is 87.8 cm³/mol. The Bertz CT molecular complexity index is 744. The first-order valence-corrected chi connectivity index (χ1v) is 7.63. The third kappa shape index (κ3) is 5.44. The van der Waals surface area contributed by atoms with Gasteiger partial charge in [-0.2, -0.15) is 13.2 Å². The molecule has 134 valence electrons. The fourth-order valence-electron chi connectivity index (χ4n) is 2.23. The summed E-state index contributed by atoms with van der Waals surface area (Å²) in [7, 11) is 1.58. The largest absolute Gasteiger partial charge is 0.416 e. The third-order valence-electron chi connectivity index (χ3n) is 3.38. The van der Waals surface area contributed by atoms with Gasteiger partial charge < -0.3 is 5.32 Å². The zero-order valence-corrected chi connectivity index (χ0v) is 14.0. The number of carbonyl (C=O) groups is 1. The Morgan fingerprint density at radius 2 is 1.88 bits per heavy atom. The molecule has 0 radical (unpaired) electrons. The lowest BCUT2D eigenvalue weighted by molar-refractivity contribution is -0.137. The maximum atomic E-state index is 13.7. The van der Waals surface area contributed by atoms with E-state index in [1.54, 1.807) is 7.05 Å². The van der Waals surface area contributed by atoms with Crippen molar-refractivity contribution < 1.29 is 22.4 Å². The molecule has 0 spiro atoms. The van der Waals surface area contributed by atoms with Crippen molar-refractivity contribution in [3.63, 3.8) is 0 Å². The minimum absolute atomic E-state index is 0.0390. The van der Waals surface area contributed by atoms with E-state index in [1.165, 1.54) is 35.2 Å². The van der Waals surface area contributed by atoms with Crippen molar-refractivity contribution in [2.24, 2.45) is 0 Å². The molecule has 0 bridgehead atoms. The molecule has 3 nitrogen and oxygen atoms in total. The molecule has 0 aliphatic heterocycles. The molecule has 0 unspecified atom stereocenters. The van der Waals surface area contributed by atoms with E-state index in [2.05, 4.69) is 5.32 Å². The fourth-order valence-corrected chi connectivity index (χ4v) is 2.45. The topological polar surface area (TPSA) is 32.3 Å². The van der Waals surface area contributed by atoms with Gasteiger partial charge in [-0.3, -0.25) is 9.69 Å². The molecule has 25 heavy (non-hydrogen) atoms. The van der Waals surface area contributed by atoms with Crippen molar-refractivity contribution in [3.8, 4) is 0 Å². The van der Waals surface area contributed by atoms with Crippen molar-refractivity contribution in [3.05, 3.63) is 64.4 Å². The zero-order valence-electron chi connectivity index (χ0n) is 13.2. The summed E-state index contributed by atoms with van der Waals surface area (Å²) in [5.74, 6) is -1.01. The number of carbonyl (C=O) groups excluding carboxylic acids is 1. The van der Waals surface area contributed by atoms with Gasteiger partial charge in [-0.1, -0.05) is 23.7 Å². The average molecular weight is 375 g/mol. The van der Waals surface area contributed by atoms with E-state index >= 15 is 0 Å². The Labute approximate surface area is 147 Å². The monoisotopic (exact) mass is 374 g/mol. The Hall–Kier alpha value is -2.12. The Balaban J connectivity index is 1.98. The molecule has 0 aromatic heterocycles. The van der Waals surface area contributed by atoms with Crippen LogP contribution in [0.15, 0.2) is 42.5 Å². The van der Waals surface area contributed by atoms with Crippen LogP contribution in [0.1, 0.15) is 11.1 Å². The van der Waals surface area contributed by atoms with E-state index in [4.69, 9.17) is 11.6 Å². The summed E-state index contributed by atoms with van der Waals surface area (Å²) in [6.07, 6.45) is -4.49. The molecule has 0 saturated carbocycles. The molecule has 0 atom stereocenters. The molecule has 0 aliphatic rings. The van der Waals surface area contributed by atoms with E-state index < -0.39 is 23.5 Å². The van der Waals surface area contributed by atoms with Crippen molar-refractivity contribution in [1.29, 1.82) is 0 Å². The smallest absolute Gasteiger partial charge is 0.325 e. The molecule has 0 aliphatic carbocycles. The Kier molecular flexibility index (Phi) is 6.02. The van der Waals surface area contributed by atoms with Crippen LogP contribution in [0.2, 0.25) is 5.02 Å². The molecule has 1 amide bonds. The van der Waals surface area contributed by atoms with Gasteiger partial charge in [-0.25, -0.2) is 4.39 Å². The number of nitrogens with one attached hydrogen (secondary N) is 1. The van der Waals surface area contributed by atoms with E-state index in [0.29, 0.717) is 0 Å². The highest BCUT2D eigenvalue weighted by atomic mass is 35.5. The molecular weight excluding hydrogens is 360 g/mol. The van der Waals surface area contributed by atoms with Gasteiger partial charge in [0.05, 0.1) is 12.1 Å². The molecule has 0 heterocycles. The van der Waals surface area contributed by atoms with E-state index in [-0.39, 0.29) is 29.4 Å². The van der Waals surface area contributed by atoms with Crippen molar-refractivity contribution in [2.45, 2.75) is 12.7 Å². The van der Waals surface area contributed by atoms with Crippen molar-refractivity contribution in [2.75, 3.05) is 18.9 Å². The minimum Gasteiger partial charge on any atom is -0.325 e. The van der Waals surface area contributed by atoms with Gasteiger partial charge >= 0.3 is 6.18 Å². The molecule has 2 aromatic carbocycles. The van der Waals surface area contributed by atoms with Crippen LogP contribution in [0.25, 0.3) is 0 Å². The van der Waals surface area contributed by atoms with E-state index in [9.17, 15) is 22.4 Å². The third-order valence-corrected chi connectivity index (χ3v) is 3.73. The number of nitrogens with zero attached hydrogens (tertiary/aromatic N) is 1. The SMILES string of the molecule is CN(CC(=O)Nc1cccc(C(F)(F)F)c1)Cc1c(F)cccc1Cl. The average Bonchev–Trinajstić information content (AvgIpc) is 2.50. The fraction of sp³-hybridized carbons (Fsp3) is 0.235. The lowest BCUT2D eigenvalue weighted by Crippen LogP contribution is -2.30. The van der Waals surface area contributed by atoms with Crippen LogP contribution in [-0.2, 0) is 17.5 Å². The first-order valence-electron chi connectivity index (χ1n) is 7.25. The van der Waals surface area contributed by atoms with Gasteiger partial charge in [0, 0.05) is 22.8 Å². The standard InChI is InChI=1S/C17H15ClF4N2O/c1-24(9-13-14(18)6-3-7-15(13)19)10-16(25)23-12-5-2-4-11(8-12)17(20,21)22/h2-8H,9-10H2,1H3,(H,23,25). The highest BCUT2D eigenvalue weighted by Gasteiger charge is 2.30. The number of rotatable bonds is 5. The number of alkyl halides is 3. The predicted octanol–water partition coefficient (Wildman–Crippen LogP) is 4.57. The number of halogens is 5. The van der Waals surface area contributed by atoms with Gasteiger partial charge in [0.25, 0.3) is 0 Å². The van der Waals surface area contributed by atoms with Gasteiger partial charge in [-0.15, -0.1) is 0 Å².